The van der Waals surface area contributed by atoms with E-state index in [1.807, 2.05) is 25.3 Å². The van der Waals surface area contributed by atoms with Gasteiger partial charge in [0.2, 0.25) is 0 Å². The van der Waals surface area contributed by atoms with Gasteiger partial charge in [-0.2, -0.15) is 0 Å². The second-order valence-electron chi connectivity index (χ2n) is 5.08. The van der Waals surface area contributed by atoms with E-state index in [1.54, 1.807) is 0 Å². The lowest BCUT2D eigenvalue weighted by Crippen LogP contribution is -2.45. The molecule has 0 bridgehead atoms. The number of fused-ring (bicyclic) bond motifs is 1. The second kappa shape index (κ2) is 5.14. The van der Waals surface area contributed by atoms with Gasteiger partial charge in [0.1, 0.15) is 0 Å². The molecule has 0 aromatic carbocycles. The van der Waals surface area contributed by atoms with Crippen LogP contribution in [0.15, 0.2) is 18.3 Å². The van der Waals surface area contributed by atoms with E-state index < -0.39 is 0 Å². The van der Waals surface area contributed by atoms with E-state index in [9.17, 15) is 0 Å². The molecule has 2 fully saturated rings. The summed E-state index contributed by atoms with van der Waals surface area (Å²) < 4.78 is 5.71. The molecule has 18 heavy (non-hydrogen) atoms. The van der Waals surface area contributed by atoms with E-state index in [-0.39, 0.29) is 0 Å². The van der Waals surface area contributed by atoms with E-state index in [0.29, 0.717) is 12.6 Å². The lowest BCUT2D eigenvalue weighted by Gasteiger charge is -2.38. The van der Waals surface area contributed by atoms with Crippen LogP contribution in [0.4, 0.5) is 5.82 Å². The van der Waals surface area contributed by atoms with Crippen molar-refractivity contribution < 1.29 is 4.74 Å². The minimum absolute atomic E-state index is 0.591. The molecule has 2 unspecified atom stereocenters. The Bertz CT molecular complexity index is 410. The zero-order valence-electron chi connectivity index (χ0n) is 10.9. The average Bonchev–Trinajstić information content (AvgIpc) is 2.88. The van der Waals surface area contributed by atoms with E-state index in [1.165, 1.54) is 12.8 Å². The Labute approximate surface area is 108 Å². The van der Waals surface area contributed by atoms with Gasteiger partial charge in [-0.15, -0.1) is 0 Å². The van der Waals surface area contributed by atoms with Gasteiger partial charge in [0.15, 0.2) is 11.6 Å². The van der Waals surface area contributed by atoms with E-state index in [4.69, 9.17) is 4.74 Å². The molecule has 3 rings (SSSR count). The summed E-state index contributed by atoms with van der Waals surface area (Å²) in [5, 5.41) is 3.51. The lowest BCUT2D eigenvalue weighted by atomic mass is 9.92. The van der Waals surface area contributed by atoms with Crippen molar-refractivity contribution in [3.8, 4) is 5.75 Å². The van der Waals surface area contributed by atoms with Gasteiger partial charge in [0.05, 0.1) is 6.61 Å². The van der Waals surface area contributed by atoms with Crippen molar-refractivity contribution in [3.05, 3.63) is 18.3 Å². The summed E-state index contributed by atoms with van der Waals surface area (Å²) in [4.78, 5) is 7.00. The number of hydrogen-bond acceptors (Lipinski definition) is 4. The maximum Gasteiger partial charge on any atom is 0.171 e. The number of piperidine rings is 1. The molecule has 0 aliphatic carbocycles. The number of pyridine rings is 1. The third kappa shape index (κ3) is 2.05. The summed E-state index contributed by atoms with van der Waals surface area (Å²) in [6, 6.07) is 4.56. The fourth-order valence-corrected chi connectivity index (χ4v) is 3.20. The summed E-state index contributed by atoms with van der Waals surface area (Å²) in [5.74, 6) is 2.72. The summed E-state index contributed by atoms with van der Waals surface area (Å²) in [6.45, 7) is 6.04. The second-order valence-corrected chi connectivity index (χ2v) is 5.08. The summed E-state index contributed by atoms with van der Waals surface area (Å²) in [5.41, 5.74) is 0. The number of nitrogens with one attached hydrogen (secondary N) is 1. The summed E-state index contributed by atoms with van der Waals surface area (Å²) in [7, 11) is 0. The number of anilines is 1. The zero-order chi connectivity index (χ0) is 12.4. The van der Waals surface area contributed by atoms with Crippen molar-refractivity contribution in [3.63, 3.8) is 0 Å². The Hall–Kier alpha value is -1.29. The van der Waals surface area contributed by atoms with Crippen LogP contribution in [-0.4, -0.2) is 37.3 Å². The molecule has 0 amide bonds. The number of nitrogens with zero attached hydrogens (tertiary/aromatic N) is 2. The maximum atomic E-state index is 5.71. The molecule has 1 N–H and O–H groups in total. The molecule has 1 aromatic rings. The van der Waals surface area contributed by atoms with Crippen LogP contribution in [-0.2, 0) is 0 Å². The molecule has 2 aliphatic heterocycles. The van der Waals surface area contributed by atoms with Crippen molar-refractivity contribution >= 4 is 5.82 Å². The number of ether oxygens (including phenoxy) is 1. The number of hydrogen-bond donors (Lipinski definition) is 1. The van der Waals surface area contributed by atoms with Crippen molar-refractivity contribution in [2.24, 2.45) is 5.92 Å². The Morgan fingerprint density at radius 2 is 2.44 bits per heavy atom. The van der Waals surface area contributed by atoms with Crippen molar-refractivity contribution in [1.82, 2.24) is 10.3 Å². The number of aromatic nitrogens is 1. The fourth-order valence-electron chi connectivity index (χ4n) is 3.20. The van der Waals surface area contributed by atoms with Gasteiger partial charge >= 0.3 is 0 Å². The van der Waals surface area contributed by atoms with Crippen molar-refractivity contribution in [2.45, 2.75) is 25.8 Å². The van der Waals surface area contributed by atoms with Crippen LogP contribution in [0.1, 0.15) is 19.8 Å². The monoisotopic (exact) mass is 247 g/mol. The lowest BCUT2D eigenvalue weighted by molar-refractivity contribution is 0.331. The zero-order valence-corrected chi connectivity index (χ0v) is 10.9. The van der Waals surface area contributed by atoms with Crippen LogP contribution in [0.5, 0.6) is 5.75 Å². The standard InChI is InChI=1S/C14H21N3O/c1-2-18-13-6-3-7-16-14(13)17-8-4-5-11-9-15-10-12(11)17/h3,6-7,11-12,15H,2,4-5,8-10H2,1H3. The molecule has 98 valence electrons. The highest BCUT2D eigenvalue weighted by Gasteiger charge is 2.36. The molecule has 0 radical (unpaired) electrons. The first-order valence-corrected chi connectivity index (χ1v) is 6.95. The predicted molar refractivity (Wildman–Crippen MR) is 72.1 cm³/mol. The highest BCUT2D eigenvalue weighted by atomic mass is 16.5. The largest absolute Gasteiger partial charge is 0.490 e. The first kappa shape index (κ1) is 11.8. The average molecular weight is 247 g/mol. The minimum atomic E-state index is 0.591. The van der Waals surface area contributed by atoms with E-state index >= 15 is 0 Å². The fraction of sp³-hybridized carbons (Fsp3) is 0.643. The number of rotatable bonds is 3. The smallest absolute Gasteiger partial charge is 0.171 e. The van der Waals surface area contributed by atoms with Crippen LogP contribution in [0, 0.1) is 5.92 Å². The summed E-state index contributed by atoms with van der Waals surface area (Å²) in [6.07, 6.45) is 4.46. The Balaban J connectivity index is 1.88. The predicted octanol–water partition coefficient (Wildman–Crippen LogP) is 1.67. The Morgan fingerprint density at radius 3 is 3.33 bits per heavy atom. The maximum absolute atomic E-state index is 5.71. The molecule has 4 heteroatoms. The molecule has 1 aromatic heterocycles. The van der Waals surface area contributed by atoms with Crippen molar-refractivity contribution in [2.75, 3.05) is 31.1 Å². The van der Waals surface area contributed by atoms with Gasteiger partial charge in [-0.3, -0.25) is 0 Å². The van der Waals surface area contributed by atoms with Crippen LogP contribution < -0.4 is 15.0 Å². The van der Waals surface area contributed by atoms with Gasteiger partial charge in [0, 0.05) is 31.9 Å². The molecule has 0 saturated carbocycles. The van der Waals surface area contributed by atoms with Gasteiger partial charge in [-0.25, -0.2) is 4.98 Å². The van der Waals surface area contributed by atoms with Crippen LogP contribution in [0.25, 0.3) is 0 Å². The van der Waals surface area contributed by atoms with Crippen LogP contribution in [0.2, 0.25) is 0 Å². The van der Waals surface area contributed by atoms with Crippen molar-refractivity contribution in [1.29, 1.82) is 0 Å². The third-order valence-corrected chi connectivity index (χ3v) is 4.00. The highest BCUT2D eigenvalue weighted by molar-refractivity contribution is 5.53. The van der Waals surface area contributed by atoms with Crippen LogP contribution in [0.3, 0.4) is 0 Å². The Morgan fingerprint density at radius 1 is 1.50 bits per heavy atom. The summed E-state index contributed by atoms with van der Waals surface area (Å²) >= 11 is 0. The SMILES string of the molecule is CCOc1cccnc1N1CCCC2CNCC21. The normalized spacial score (nSPS) is 27.1. The molecule has 4 nitrogen and oxygen atoms in total. The van der Waals surface area contributed by atoms with E-state index in [2.05, 4.69) is 15.2 Å². The van der Waals surface area contributed by atoms with Gasteiger partial charge in [-0.05, 0) is 37.8 Å². The van der Waals surface area contributed by atoms with Gasteiger partial charge in [0.25, 0.3) is 0 Å². The highest BCUT2D eigenvalue weighted by Crippen LogP contribution is 2.34. The topological polar surface area (TPSA) is 37.4 Å². The van der Waals surface area contributed by atoms with E-state index in [0.717, 1.165) is 37.1 Å². The molecular formula is C14H21N3O. The molecule has 3 heterocycles. The first-order chi connectivity index (χ1) is 8.90. The quantitative estimate of drug-likeness (QED) is 0.881. The molecule has 0 spiro atoms. The minimum Gasteiger partial charge on any atom is -0.490 e. The van der Waals surface area contributed by atoms with Gasteiger partial charge < -0.3 is 15.0 Å². The van der Waals surface area contributed by atoms with Gasteiger partial charge in [-0.1, -0.05) is 0 Å². The third-order valence-electron chi connectivity index (χ3n) is 4.00. The first-order valence-electron chi connectivity index (χ1n) is 6.95. The molecule has 2 saturated heterocycles. The molecule has 2 atom stereocenters. The molecular weight excluding hydrogens is 226 g/mol. The Kier molecular flexibility index (Phi) is 3.37. The van der Waals surface area contributed by atoms with Crippen LogP contribution >= 0.6 is 0 Å². The molecule has 2 aliphatic rings.